The lowest BCUT2D eigenvalue weighted by atomic mass is 9.72. The third-order valence-electron chi connectivity index (χ3n) is 24.9. The molecule has 12 atom stereocenters. The van der Waals surface area contributed by atoms with Gasteiger partial charge in [0.1, 0.15) is 71.1 Å². The molecule has 4 aliphatic carbocycles. The summed E-state index contributed by atoms with van der Waals surface area (Å²) in [4.78, 5) is 131. The molecular weight excluding hydrogens is 1520 g/mol. The largest absolute Gasteiger partial charge is 0.507 e. The minimum Gasteiger partial charge on any atom is -0.507 e. The number of phenols is 4. The van der Waals surface area contributed by atoms with E-state index in [4.69, 9.17) is 38.4 Å². The lowest BCUT2D eigenvalue weighted by Gasteiger charge is -2.43. The number of aryl methyl sites for hydroxylation is 4. The average Bonchev–Trinajstić information content (AvgIpc) is 0.823. The van der Waals surface area contributed by atoms with Crippen molar-refractivity contribution in [3.05, 3.63) is 172 Å². The fourth-order valence-electron chi connectivity index (χ4n) is 18.5. The van der Waals surface area contributed by atoms with Crippen LogP contribution in [0.15, 0.2) is 60.7 Å². The van der Waals surface area contributed by atoms with Gasteiger partial charge in [0.2, 0.25) is 23.4 Å². The van der Waals surface area contributed by atoms with Crippen LogP contribution in [-0.4, -0.2) is 205 Å². The number of nitrogens with one attached hydrogen (secondary N) is 4. The van der Waals surface area contributed by atoms with Crippen molar-refractivity contribution in [3.63, 3.8) is 0 Å². The van der Waals surface area contributed by atoms with Crippen LogP contribution in [-0.2, 0) is 63.8 Å². The molecule has 7 heterocycles. The van der Waals surface area contributed by atoms with Crippen molar-refractivity contribution in [3.8, 4) is 34.5 Å². The fraction of sp³-hybridized carbons (Fsp3) is 0.409. The van der Waals surface area contributed by atoms with E-state index >= 15 is 0 Å². The molecule has 7 aromatic rings. The molecule has 15 rings (SSSR count). The Labute approximate surface area is 675 Å². The molecular formula is C88H92N6O24. The maximum Gasteiger partial charge on any atom is 0.220 e. The molecule has 8 bridgehead atoms. The fourth-order valence-corrected chi connectivity index (χ4v) is 18.5. The number of aromatic nitrogens is 4. The zero-order chi connectivity index (χ0) is 84.5. The van der Waals surface area contributed by atoms with Crippen molar-refractivity contribution in [1.29, 1.82) is 0 Å². The Morgan fingerprint density at radius 1 is 0.525 bits per heavy atom. The summed E-state index contributed by atoms with van der Waals surface area (Å²) in [6.07, 6.45) is -12.8. The topological polar surface area (TPSA) is 476 Å². The molecule has 0 saturated carbocycles. The second kappa shape index (κ2) is 31.3. The number of rotatable bonds is 20. The summed E-state index contributed by atoms with van der Waals surface area (Å²) >= 11 is 0. The van der Waals surface area contributed by atoms with Gasteiger partial charge in [0, 0.05) is 107 Å². The number of aliphatic hydroxyl groups excluding tert-OH is 4. The number of H-pyrrole nitrogens is 2. The number of ether oxygens (including phenoxy) is 6. The zero-order valence-electron chi connectivity index (χ0n) is 66.5. The van der Waals surface area contributed by atoms with E-state index < -0.39 is 203 Å². The highest BCUT2D eigenvalue weighted by molar-refractivity contribution is 6.32. The Morgan fingerprint density at radius 2 is 0.924 bits per heavy atom. The molecule has 4 aliphatic heterocycles. The van der Waals surface area contributed by atoms with Gasteiger partial charge < -0.3 is 100 Å². The summed E-state index contributed by atoms with van der Waals surface area (Å²) in [6, 6.07) is 14.2. The van der Waals surface area contributed by atoms with E-state index in [0.29, 0.717) is 46.4 Å². The highest BCUT2D eigenvalue weighted by Gasteiger charge is 2.53. The standard InChI is InChI=1S/C88H92N6O24/c1-11-41-35(3)49-23-50-37(5)43(19-21-65(99)93-57-27-67(115-39(7)77(57)101)117-61-31-87(111,63(97)33-95)29-47-71(61)85(109)75-73(81(47)105)79(103)45-15-13-17-59(113-9)69(45)83(75)107)55(91-50)26-56-44(38(6)52(92-56)25-54-42(12-2)36(4)51(90-54)24-53(41)89-49)20-22-66(100)94-58-28-68(116-40(8)78(58)102)118-62-32-88(112,64(98)34-96)30-48-72(62)86(110)76-74(82(48)106)80(104)46-16-14-18-60(114-10)70(46)84(76)108/h13-18,23-26,39-40,57-58,61-62,67-68,77-78,89,92,95-96,101-102,105-106,109-112H,11-12,19-22,27-34H2,1-10H3,(H,93,99)(H,94,100)/t39-,40-,57-,58-,61-,62-,67-,68-,77+,78+,87-,88-/m0/s1. The molecule has 2 fully saturated rings. The number of hydrogen-bond donors (Lipinski definition) is 14. The van der Waals surface area contributed by atoms with Crippen LogP contribution in [0.25, 0.3) is 44.4 Å². The molecule has 118 heavy (non-hydrogen) atoms. The van der Waals surface area contributed by atoms with Crippen molar-refractivity contribution in [1.82, 2.24) is 30.6 Å². The molecule has 14 N–H and O–H groups in total. The number of hydrogen-bond acceptors (Lipinski definition) is 26. The van der Waals surface area contributed by atoms with Crippen LogP contribution in [0.1, 0.15) is 236 Å². The van der Waals surface area contributed by atoms with E-state index in [0.717, 1.165) is 55.8 Å². The lowest BCUT2D eigenvalue weighted by Crippen LogP contribution is -2.55. The quantitative estimate of drug-likeness (QED) is 0.0323. The number of aliphatic hydroxyl groups is 6. The number of fused-ring (bicyclic) bond motifs is 14. The Morgan fingerprint density at radius 3 is 1.36 bits per heavy atom. The van der Waals surface area contributed by atoms with Crippen LogP contribution in [0, 0.1) is 13.8 Å². The van der Waals surface area contributed by atoms with Gasteiger partial charge in [-0.1, -0.05) is 38.1 Å². The van der Waals surface area contributed by atoms with Crippen LogP contribution >= 0.6 is 0 Å². The van der Waals surface area contributed by atoms with Gasteiger partial charge in [-0.05, 0) is 148 Å². The highest BCUT2D eigenvalue weighted by atomic mass is 16.7. The number of phenolic OH excluding ortho intramolecular Hbond substituents is 4. The van der Waals surface area contributed by atoms with Crippen LogP contribution < -0.4 is 20.1 Å². The predicted molar refractivity (Wildman–Crippen MR) is 424 cm³/mol. The van der Waals surface area contributed by atoms with Gasteiger partial charge >= 0.3 is 0 Å². The molecule has 30 nitrogen and oxygen atoms in total. The summed E-state index contributed by atoms with van der Waals surface area (Å²) in [7, 11) is 2.58. The Hall–Kier alpha value is -11.2. The second-order valence-corrected chi connectivity index (χ2v) is 31.7. The van der Waals surface area contributed by atoms with Crippen LogP contribution in [0.2, 0.25) is 0 Å². The second-order valence-electron chi connectivity index (χ2n) is 31.7. The smallest absolute Gasteiger partial charge is 0.220 e. The molecule has 2 saturated heterocycles. The summed E-state index contributed by atoms with van der Waals surface area (Å²) in [5, 5.41) is 122. The van der Waals surface area contributed by atoms with Gasteiger partial charge in [-0.15, -0.1) is 0 Å². The Balaban J connectivity index is 0.716. The third-order valence-corrected chi connectivity index (χ3v) is 24.9. The summed E-state index contributed by atoms with van der Waals surface area (Å²) < 4.78 is 36.2. The van der Waals surface area contributed by atoms with Gasteiger partial charge in [0.05, 0.1) is 107 Å². The first-order chi connectivity index (χ1) is 56.2. The molecule has 8 aliphatic rings. The Kier molecular flexibility index (Phi) is 21.7. The molecule has 0 spiro atoms. The third kappa shape index (κ3) is 13.7. The monoisotopic (exact) mass is 1620 g/mol. The maximum absolute atomic E-state index is 14.7. The van der Waals surface area contributed by atoms with Crippen LogP contribution in [0.3, 0.4) is 0 Å². The van der Waals surface area contributed by atoms with E-state index in [9.17, 15) is 89.4 Å². The normalized spacial score (nSPS) is 24.5. The number of carbonyl (C=O) groups is 8. The molecule has 3 aromatic heterocycles. The molecule has 0 unspecified atom stereocenters. The molecule has 4 aromatic carbocycles. The molecule has 30 heteroatoms. The number of ketones is 6. The van der Waals surface area contributed by atoms with E-state index in [1.54, 1.807) is 0 Å². The van der Waals surface area contributed by atoms with Crippen LogP contribution in [0.5, 0.6) is 34.5 Å². The van der Waals surface area contributed by atoms with Gasteiger partial charge in [-0.2, -0.15) is 0 Å². The van der Waals surface area contributed by atoms with E-state index in [-0.39, 0.29) is 94.5 Å². The van der Waals surface area contributed by atoms with E-state index in [2.05, 4.69) is 34.4 Å². The number of aromatic hydroxyl groups is 4. The number of nitrogens with zero attached hydrogens (tertiary/aromatic N) is 2. The SMILES string of the molecule is CCC1=C(C)c2cc3[nH]c(cc4nc(cc5[nH]c(cc1n2)c(C)c5CCC(=O)N[C@H]1C[C@H](O[C@H]2C[C@](O)(C(=O)CO)Cc5c(O)c6c(c(O)c52)C(=O)c2c(OC)cccc2C6=O)O[C@@H](C)[C@H]1O)C(CCC(=O)N[C@H]1C[C@H](O[C@H]2C[C@](O)(C(=O)CO)Cc5c(O)c6c(c(O)c52)C(=O)c2c(OC)cccc2C6=O)O[C@@H](C)[C@H]1O)=C4C)c(C)c3CC. The lowest BCUT2D eigenvalue weighted by molar-refractivity contribution is -0.249. The average molecular weight is 1620 g/mol. The van der Waals surface area contributed by atoms with Crippen molar-refractivity contribution in [2.75, 3.05) is 27.4 Å². The van der Waals surface area contributed by atoms with Gasteiger partial charge in [0.25, 0.3) is 0 Å². The number of amides is 2. The van der Waals surface area contributed by atoms with Gasteiger partial charge in [-0.3, -0.25) is 38.4 Å². The number of Topliss-reactive ketones (excluding diaryl/α,β-unsaturated/α-hetero) is 2. The first kappa shape index (κ1) is 82.0. The summed E-state index contributed by atoms with van der Waals surface area (Å²) in [6.45, 7) is 12.8. The predicted octanol–water partition coefficient (Wildman–Crippen LogP) is 7.82. The van der Waals surface area contributed by atoms with Crippen molar-refractivity contribution < 1.29 is 118 Å². The van der Waals surface area contributed by atoms with Crippen molar-refractivity contribution in [2.45, 2.75) is 205 Å². The first-order valence-corrected chi connectivity index (χ1v) is 39.4. The van der Waals surface area contributed by atoms with Gasteiger partial charge in [-0.25, -0.2) is 9.97 Å². The van der Waals surface area contributed by atoms with Crippen LogP contribution in [0.4, 0.5) is 0 Å². The molecule has 2 amide bonds. The van der Waals surface area contributed by atoms with Crippen molar-refractivity contribution >= 4 is 90.9 Å². The number of aromatic amines is 2. The van der Waals surface area contributed by atoms with E-state index in [1.807, 2.05) is 52.0 Å². The molecule has 0 radical (unpaired) electrons. The van der Waals surface area contributed by atoms with E-state index in [1.165, 1.54) is 64.5 Å². The maximum atomic E-state index is 14.7. The zero-order valence-corrected chi connectivity index (χ0v) is 66.5. The highest BCUT2D eigenvalue weighted by Crippen LogP contribution is 2.56. The first-order valence-electron chi connectivity index (χ1n) is 39.4. The minimum absolute atomic E-state index is 0.0159. The number of carbonyl (C=O) groups excluding carboxylic acids is 8. The number of allylic oxidation sites excluding steroid dienone is 4. The summed E-state index contributed by atoms with van der Waals surface area (Å²) in [5.41, 5.74) is 3.40. The number of benzene rings is 4. The summed E-state index contributed by atoms with van der Waals surface area (Å²) in [5.74, 6) is -9.80. The number of methoxy groups -OCH3 is 2. The van der Waals surface area contributed by atoms with Crippen molar-refractivity contribution in [2.24, 2.45) is 0 Å². The Bertz CT molecular complexity index is 5750. The molecule has 618 valence electrons. The minimum atomic E-state index is -2.45. The van der Waals surface area contributed by atoms with Gasteiger partial charge in [0.15, 0.2) is 35.7 Å².